The Morgan fingerprint density at radius 3 is 2.90 bits per heavy atom. The molecule has 1 aromatic carbocycles. The smallest absolute Gasteiger partial charge is 0.233 e. The number of halogens is 1. The Morgan fingerprint density at radius 2 is 2.20 bits per heavy atom. The molecule has 0 saturated carbocycles. The molecule has 20 heavy (non-hydrogen) atoms. The number of fused-ring (bicyclic) bond motifs is 1. The van der Waals surface area contributed by atoms with Gasteiger partial charge in [0.25, 0.3) is 0 Å². The van der Waals surface area contributed by atoms with E-state index in [4.69, 9.17) is 11.6 Å². The molecule has 1 aliphatic heterocycles. The minimum atomic E-state index is 0.0243. The second kappa shape index (κ2) is 6.86. The van der Waals surface area contributed by atoms with Gasteiger partial charge in [-0.1, -0.05) is 32.0 Å². The van der Waals surface area contributed by atoms with Crippen molar-refractivity contribution in [2.75, 3.05) is 12.4 Å². The van der Waals surface area contributed by atoms with E-state index in [1.807, 2.05) is 12.1 Å². The van der Waals surface area contributed by atoms with E-state index in [0.29, 0.717) is 5.88 Å². The molecule has 0 bridgehead atoms. The van der Waals surface area contributed by atoms with E-state index in [-0.39, 0.29) is 16.6 Å². The number of carbonyl (C=O) groups excluding carboxylic acids is 1. The Balaban J connectivity index is 1.82. The molecule has 0 aromatic heterocycles. The topological polar surface area (TPSA) is 29.1 Å². The Bertz CT molecular complexity index is 450. The number of hydrogen-bond acceptors (Lipinski definition) is 2. The molecule has 1 atom stereocenters. The van der Waals surface area contributed by atoms with E-state index in [1.54, 1.807) is 11.8 Å². The van der Waals surface area contributed by atoms with Crippen LogP contribution in [0.3, 0.4) is 0 Å². The summed E-state index contributed by atoms with van der Waals surface area (Å²) < 4.78 is 0. The summed E-state index contributed by atoms with van der Waals surface area (Å²) >= 11 is 7.41. The van der Waals surface area contributed by atoms with E-state index in [1.165, 1.54) is 10.5 Å². The summed E-state index contributed by atoms with van der Waals surface area (Å²) in [4.78, 5) is 13.5. The Labute approximate surface area is 130 Å². The highest BCUT2D eigenvalue weighted by atomic mass is 35.5. The SMILES string of the molecule is CC(C)(CCCCl)CNC(=O)C1Cc2ccccc2S1. The summed E-state index contributed by atoms with van der Waals surface area (Å²) in [7, 11) is 0. The summed E-state index contributed by atoms with van der Waals surface area (Å²) in [6.45, 7) is 5.07. The number of benzene rings is 1. The van der Waals surface area contributed by atoms with Crippen LogP contribution in [0, 0.1) is 5.41 Å². The molecule has 1 heterocycles. The first-order valence-corrected chi connectivity index (χ1v) is 8.51. The minimum Gasteiger partial charge on any atom is -0.355 e. The van der Waals surface area contributed by atoms with Gasteiger partial charge in [0.05, 0.1) is 5.25 Å². The second-order valence-corrected chi connectivity index (χ2v) is 7.72. The first-order chi connectivity index (χ1) is 9.52. The van der Waals surface area contributed by atoms with E-state index in [0.717, 1.165) is 25.8 Å². The summed E-state index contributed by atoms with van der Waals surface area (Å²) in [5.74, 6) is 0.843. The van der Waals surface area contributed by atoms with Crippen LogP contribution in [0.4, 0.5) is 0 Å². The zero-order valence-corrected chi connectivity index (χ0v) is 13.7. The molecule has 1 amide bonds. The van der Waals surface area contributed by atoms with Crippen LogP contribution in [-0.2, 0) is 11.2 Å². The lowest BCUT2D eigenvalue weighted by Gasteiger charge is -2.25. The van der Waals surface area contributed by atoms with Crippen LogP contribution in [0.2, 0.25) is 0 Å². The number of amides is 1. The second-order valence-electron chi connectivity index (χ2n) is 6.09. The van der Waals surface area contributed by atoms with Crippen molar-refractivity contribution in [1.29, 1.82) is 0 Å². The van der Waals surface area contributed by atoms with Crippen molar-refractivity contribution in [1.82, 2.24) is 5.32 Å². The number of nitrogens with one attached hydrogen (secondary N) is 1. The summed E-state index contributed by atoms with van der Waals surface area (Å²) in [5, 5.41) is 3.13. The average Bonchev–Trinajstić information content (AvgIpc) is 2.86. The third kappa shape index (κ3) is 4.16. The fraction of sp³-hybridized carbons (Fsp3) is 0.562. The Hall–Kier alpha value is -0.670. The highest BCUT2D eigenvalue weighted by molar-refractivity contribution is 8.01. The Morgan fingerprint density at radius 1 is 1.45 bits per heavy atom. The van der Waals surface area contributed by atoms with Gasteiger partial charge < -0.3 is 5.32 Å². The first kappa shape index (κ1) is 15.7. The number of rotatable bonds is 6. The molecule has 1 aromatic rings. The van der Waals surface area contributed by atoms with Crippen molar-refractivity contribution in [3.63, 3.8) is 0 Å². The van der Waals surface area contributed by atoms with Gasteiger partial charge in [0.2, 0.25) is 5.91 Å². The predicted molar refractivity (Wildman–Crippen MR) is 86.5 cm³/mol. The molecule has 4 heteroatoms. The molecule has 1 N–H and O–H groups in total. The number of thioether (sulfide) groups is 1. The van der Waals surface area contributed by atoms with Gasteiger partial charge in [0.1, 0.15) is 0 Å². The average molecular weight is 312 g/mol. The third-order valence-corrected chi connectivity index (χ3v) is 5.25. The minimum absolute atomic E-state index is 0.0243. The molecule has 2 nitrogen and oxygen atoms in total. The third-order valence-electron chi connectivity index (χ3n) is 3.67. The summed E-state index contributed by atoms with van der Waals surface area (Å²) in [6, 6.07) is 8.27. The van der Waals surface area contributed by atoms with E-state index >= 15 is 0 Å². The van der Waals surface area contributed by atoms with Crippen molar-refractivity contribution >= 4 is 29.3 Å². The van der Waals surface area contributed by atoms with Crippen molar-refractivity contribution < 1.29 is 4.79 Å². The maximum Gasteiger partial charge on any atom is 0.233 e. The molecular formula is C16H22ClNOS. The maximum absolute atomic E-state index is 12.3. The normalized spacial score (nSPS) is 17.9. The number of alkyl halides is 1. The van der Waals surface area contributed by atoms with E-state index in [2.05, 4.69) is 31.3 Å². The van der Waals surface area contributed by atoms with Crippen LogP contribution in [0.25, 0.3) is 0 Å². The maximum atomic E-state index is 12.3. The van der Waals surface area contributed by atoms with Crippen LogP contribution in [0.1, 0.15) is 32.3 Å². The van der Waals surface area contributed by atoms with Gasteiger partial charge in [-0.3, -0.25) is 4.79 Å². The largest absolute Gasteiger partial charge is 0.355 e. The van der Waals surface area contributed by atoms with Crippen LogP contribution >= 0.6 is 23.4 Å². The molecule has 2 rings (SSSR count). The van der Waals surface area contributed by atoms with Gasteiger partial charge in [0, 0.05) is 17.3 Å². The molecule has 110 valence electrons. The van der Waals surface area contributed by atoms with Crippen molar-refractivity contribution in [3.8, 4) is 0 Å². The van der Waals surface area contributed by atoms with Crippen LogP contribution in [-0.4, -0.2) is 23.6 Å². The quantitative estimate of drug-likeness (QED) is 0.808. The standard InChI is InChI=1S/C16H22ClNOS/c1-16(2,8-5-9-17)11-18-15(19)14-10-12-6-3-4-7-13(12)20-14/h3-4,6-7,14H,5,8-11H2,1-2H3,(H,18,19). The monoisotopic (exact) mass is 311 g/mol. The lowest BCUT2D eigenvalue weighted by atomic mass is 9.88. The predicted octanol–water partition coefficient (Wildman–Crippen LogP) is 3.86. The molecule has 0 aliphatic carbocycles. The van der Waals surface area contributed by atoms with Crippen molar-refractivity contribution in [2.24, 2.45) is 5.41 Å². The fourth-order valence-corrected chi connectivity index (χ4v) is 3.76. The van der Waals surface area contributed by atoms with Crippen LogP contribution in [0.15, 0.2) is 29.2 Å². The first-order valence-electron chi connectivity index (χ1n) is 7.10. The highest BCUT2D eigenvalue weighted by Crippen LogP contribution is 2.36. The molecule has 0 spiro atoms. The Kier molecular flexibility index (Phi) is 5.39. The van der Waals surface area contributed by atoms with E-state index < -0.39 is 0 Å². The van der Waals surface area contributed by atoms with Gasteiger partial charge in [-0.2, -0.15) is 0 Å². The molecule has 0 radical (unpaired) electrons. The van der Waals surface area contributed by atoms with Crippen LogP contribution in [0.5, 0.6) is 0 Å². The molecule has 1 aliphatic rings. The molecule has 1 unspecified atom stereocenters. The summed E-state index contributed by atoms with van der Waals surface area (Å²) in [6.07, 6.45) is 2.87. The van der Waals surface area contributed by atoms with Crippen molar-refractivity contribution in [2.45, 2.75) is 43.3 Å². The van der Waals surface area contributed by atoms with Gasteiger partial charge in [0.15, 0.2) is 0 Å². The lowest BCUT2D eigenvalue weighted by Crippen LogP contribution is -2.38. The molecule has 0 fully saturated rings. The van der Waals surface area contributed by atoms with Gasteiger partial charge in [-0.25, -0.2) is 0 Å². The van der Waals surface area contributed by atoms with Gasteiger partial charge in [-0.15, -0.1) is 23.4 Å². The summed E-state index contributed by atoms with van der Waals surface area (Å²) in [5.41, 5.74) is 1.40. The molecular weight excluding hydrogens is 290 g/mol. The van der Waals surface area contributed by atoms with Gasteiger partial charge >= 0.3 is 0 Å². The van der Waals surface area contributed by atoms with Gasteiger partial charge in [-0.05, 0) is 36.3 Å². The molecule has 0 saturated heterocycles. The lowest BCUT2D eigenvalue weighted by molar-refractivity contribution is -0.121. The fourth-order valence-electron chi connectivity index (χ4n) is 2.40. The number of hydrogen-bond donors (Lipinski definition) is 1. The zero-order chi connectivity index (χ0) is 14.6. The van der Waals surface area contributed by atoms with Crippen molar-refractivity contribution in [3.05, 3.63) is 29.8 Å². The zero-order valence-electron chi connectivity index (χ0n) is 12.1. The van der Waals surface area contributed by atoms with Crippen LogP contribution < -0.4 is 5.32 Å². The highest BCUT2D eigenvalue weighted by Gasteiger charge is 2.29. The number of carbonyl (C=O) groups is 1. The van der Waals surface area contributed by atoms with E-state index in [9.17, 15) is 4.79 Å².